The summed E-state index contributed by atoms with van der Waals surface area (Å²) in [5.74, 6) is 0.292. The average Bonchev–Trinajstić information content (AvgIpc) is 2.74. The van der Waals surface area contributed by atoms with E-state index in [-0.39, 0.29) is 27.4 Å². The lowest BCUT2D eigenvalue weighted by Gasteiger charge is -2.26. The van der Waals surface area contributed by atoms with Crippen molar-refractivity contribution in [2.24, 2.45) is 0 Å². The second-order valence-electron chi connectivity index (χ2n) is 7.05. The Hall–Kier alpha value is -2.09. The molecule has 1 atom stereocenters. The SMILES string of the molecule is COc1ccccc1[C@@H](C)NC(=O)c1ccc(Cl)c(S(=O)(=O)N2CCCCC2)c1. The van der Waals surface area contributed by atoms with Crippen LogP contribution in [-0.2, 0) is 10.0 Å². The maximum absolute atomic E-state index is 13.0. The molecule has 2 aromatic rings. The van der Waals surface area contributed by atoms with Crippen molar-refractivity contribution in [1.82, 2.24) is 9.62 Å². The lowest BCUT2D eigenvalue weighted by molar-refractivity contribution is 0.0939. The molecule has 1 amide bonds. The van der Waals surface area contributed by atoms with Crippen LogP contribution in [0.2, 0.25) is 5.02 Å². The topological polar surface area (TPSA) is 75.7 Å². The van der Waals surface area contributed by atoms with Crippen LogP contribution in [0.4, 0.5) is 0 Å². The van der Waals surface area contributed by atoms with Crippen LogP contribution in [0.25, 0.3) is 0 Å². The van der Waals surface area contributed by atoms with Gasteiger partial charge in [0.15, 0.2) is 0 Å². The van der Waals surface area contributed by atoms with Crippen LogP contribution in [0.1, 0.15) is 48.1 Å². The Kier molecular flexibility index (Phi) is 6.82. The van der Waals surface area contributed by atoms with Crippen LogP contribution < -0.4 is 10.1 Å². The van der Waals surface area contributed by atoms with Crippen molar-refractivity contribution in [3.05, 3.63) is 58.6 Å². The molecule has 0 unspecified atom stereocenters. The monoisotopic (exact) mass is 436 g/mol. The number of nitrogens with one attached hydrogen (secondary N) is 1. The van der Waals surface area contributed by atoms with Crippen molar-refractivity contribution in [2.45, 2.75) is 37.1 Å². The molecule has 29 heavy (non-hydrogen) atoms. The van der Waals surface area contributed by atoms with Crippen LogP contribution in [0.5, 0.6) is 5.75 Å². The first kappa shape index (κ1) is 21.6. The molecule has 1 aliphatic rings. The number of piperidine rings is 1. The summed E-state index contributed by atoms with van der Waals surface area (Å²) in [6.07, 6.45) is 2.67. The van der Waals surface area contributed by atoms with Gasteiger partial charge >= 0.3 is 0 Å². The summed E-state index contributed by atoms with van der Waals surface area (Å²) >= 11 is 6.19. The zero-order valence-corrected chi connectivity index (χ0v) is 18.1. The fourth-order valence-corrected chi connectivity index (χ4v) is 5.49. The number of hydrogen-bond acceptors (Lipinski definition) is 4. The highest BCUT2D eigenvalue weighted by molar-refractivity contribution is 7.89. The summed E-state index contributed by atoms with van der Waals surface area (Å²) in [6.45, 7) is 2.79. The van der Waals surface area contributed by atoms with Crippen molar-refractivity contribution in [3.63, 3.8) is 0 Å². The first-order valence-corrected chi connectivity index (χ1v) is 11.4. The molecule has 1 fully saturated rings. The Morgan fingerprint density at radius 2 is 1.83 bits per heavy atom. The van der Waals surface area contributed by atoms with Crippen LogP contribution in [-0.4, -0.2) is 38.8 Å². The summed E-state index contributed by atoms with van der Waals surface area (Å²) in [5, 5.41) is 3.01. The molecule has 0 bridgehead atoms. The predicted octanol–water partition coefficient (Wildman–Crippen LogP) is 4.01. The molecule has 0 radical (unpaired) electrons. The molecule has 6 nitrogen and oxygen atoms in total. The molecular weight excluding hydrogens is 412 g/mol. The quantitative estimate of drug-likeness (QED) is 0.742. The first-order valence-electron chi connectivity index (χ1n) is 9.58. The molecule has 1 saturated heterocycles. The highest BCUT2D eigenvalue weighted by Crippen LogP contribution is 2.29. The first-order chi connectivity index (χ1) is 13.8. The Bertz CT molecular complexity index is 988. The van der Waals surface area contributed by atoms with Crippen molar-refractivity contribution >= 4 is 27.5 Å². The molecule has 156 valence electrons. The van der Waals surface area contributed by atoms with Gasteiger partial charge in [-0.1, -0.05) is 36.2 Å². The zero-order valence-electron chi connectivity index (χ0n) is 16.5. The maximum Gasteiger partial charge on any atom is 0.251 e. The summed E-state index contributed by atoms with van der Waals surface area (Å²) in [7, 11) is -2.16. The third kappa shape index (κ3) is 4.74. The molecule has 1 heterocycles. The predicted molar refractivity (Wildman–Crippen MR) is 113 cm³/mol. The largest absolute Gasteiger partial charge is 0.496 e. The number of sulfonamides is 1. The van der Waals surface area contributed by atoms with Gasteiger partial charge in [-0.3, -0.25) is 4.79 Å². The van der Waals surface area contributed by atoms with Gasteiger partial charge in [0.05, 0.1) is 18.2 Å². The summed E-state index contributed by atoms with van der Waals surface area (Å²) in [6, 6.07) is 11.4. The van der Waals surface area contributed by atoms with Crippen LogP contribution in [0, 0.1) is 0 Å². The van der Waals surface area contributed by atoms with E-state index in [2.05, 4.69) is 5.32 Å². The normalized spacial score (nSPS) is 16.2. The fourth-order valence-electron chi connectivity index (χ4n) is 3.47. The van der Waals surface area contributed by atoms with Crippen molar-refractivity contribution in [1.29, 1.82) is 0 Å². The minimum absolute atomic E-state index is 0.0290. The molecule has 3 rings (SSSR count). The second kappa shape index (κ2) is 9.15. The third-order valence-electron chi connectivity index (χ3n) is 5.08. The van der Waals surface area contributed by atoms with Gasteiger partial charge in [-0.15, -0.1) is 0 Å². The van der Waals surface area contributed by atoms with E-state index in [0.717, 1.165) is 24.8 Å². The Labute approximate surface area is 176 Å². The lowest BCUT2D eigenvalue weighted by atomic mass is 10.1. The van der Waals surface area contributed by atoms with Gasteiger partial charge in [0.1, 0.15) is 10.6 Å². The highest BCUT2D eigenvalue weighted by Gasteiger charge is 2.29. The maximum atomic E-state index is 13.0. The molecule has 1 aliphatic heterocycles. The lowest BCUT2D eigenvalue weighted by Crippen LogP contribution is -2.36. The smallest absolute Gasteiger partial charge is 0.251 e. The van der Waals surface area contributed by atoms with E-state index < -0.39 is 10.0 Å². The third-order valence-corrected chi connectivity index (χ3v) is 7.46. The number of ether oxygens (including phenoxy) is 1. The highest BCUT2D eigenvalue weighted by atomic mass is 35.5. The molecule has 8 heteroatoms. The van der Waals surface area contributed by atoms with Crippen molar-refractivity contribution < 1.29 is 17.9 Å². The molecule has 2 aromatic carbocycles. The number of nitrogens with zero attached hydrogens (tertiary/aromatic N) is 1. The zero-order chi connectivity index (χ0) is 21.0. The standard InChI is InChI=1S/C21H25ClN2O4S/c1-15(17-8-4-5-9-19(17)28-2)23-21(25)16-10-11-18(22)20(14-16)29(26,27)24-12-6-3-7-13-24/h4-5,8-11,14-15H,3,6-7,12-13H2,1-2H3,(H,23,25)/t15-/m1/s1. The van der Waals surface area contributed by atoms with Gasteiger partial charge < -0.3 is 10.1 Å². The Morgan fingerprint density at radius 3 is 2.52 bits per heavy atom. The van der Waals surface area contributed by atoms with Crippen LogP contribution in [0.3, 0.4) is 0 Å². The van der Waals surface area contributed by atoms with Gasteiger partial charge in [-0.25, -0.2) is 8.42 Å². The van der Waals surface area contributed by atoms with E-state index in [1.165, 1.54) is 22.5 Å². The second-order valence-corrected chi connectivity index (χ2v) is 9.36. The van der Waals surface area contributed by atoms with Crippen molar-refractivity contribution in [3.8, 4) is 5.75 Å². The van der Waals surface area contributed by atoms with E-state index in [1.807, 2.05) is 31.2 Å². The summed E-state index contributed by atoms with van der Waals surface area (Å²) < 4.78 is 32.8. The van der Waals surface area contributed by atoms with Gasteiger partial charge in [0.25, 0.3) is 5.91 Å². The Balaban J connectivity index is 1.84. The molecular formula is C21H25ClN2O4S. The minimum atomic E-state index is -3.74. The van der Waals surface area contributed by atoms with E-state index in [9.17, 15) is 13.2 Å². The number of carbonyl (C=O) groups is 1. The number of benzene rings is 2. The number of amides is 1. The summed E-state index contributed by atoms with van der Waals surface area (Å²) in [4.78, 5) is 12.8. The fraction of sp³-hybridized carbons (Fsp3) is 0.381. The van der Waals surface area contributed by atoms with E-state index in [1.54, 1.807) is 7.11 Å². The number of rotatable bonds is 6. The van der Waals surface area contributed by atoms with Crippen molar-refractivity contribution in [2.75, 3.05) is 20.2 Å². The van der Waals surface area contributed by atoms with Gasteiger partial charge in [0, 0.05) is 24.2 Å². The van der Waals surface area contributed by atoms with Crippen LogP contribution >= 0.6 is 11.6 Å². The van der Waals surface area contributed by atoms with Gasteiger partial charge in [0.2, 0.25) is 10.0 Å². The molecule has 0 aliphatic carbocycles. The van der Waals surface area contributed by atoms with E-state index in [4.69, 9.17) is 16.3 Å². The molecule has 0 saturated carbocycles. The number of hydrogen-bond donors (Lipinski definition) is 1. The van der Waals surface area contributed by atoms with Gasteiger partial charge in [-0.05, 0) is 44.0 Å². The number of carbonyl (C=O) groups excluding carboxylic acids is 1. The van der Waals surface area contributed by atoms with E-state index in [0.29, 0.717) is 18.8 Å². The number of para-hydroxylation sites is 1. The molecule has 0 aromatic heterocycles. The summed E-state index contributed by atoms with van der Waals surface area (Å²) in [5.41, 5.74) is 1.07. The van der Waals surface area contributed by atoms with Gasteiger partial charge in [-0.2, -0.15) is 4.31 Å². The molecule has 1 N–H and O–H groups in total. The van der Waals surface area contributed by atoms with E-state index >= 15 is 0 Å². The molecule has 0 spiro atoms. The van der Waals surface area contributed by atoms with Crippen LogP contribution in [0.15, 0.2) is 47.4 Å². The Morgan fingerprint density at radius 1 is 1.14 bits per heavy atom. The number of halogens is 1. The minimum Gasteiger partial charge on any atom is -0.496 e. The average molecular weight is 437 g/mol. The number of methoxy groups -OCH3 is 1.